The van der Waals surface area contributed by atoms with Gasteiger partial charge in [0.2, 0.25) is 5.91 Å². The molecule has 6 rings (SSSR count). The molecule has 0 unspecified atom stereocenters. The van der Waals surface area contributed by atoms with Crippen LogP contribution in [0, 0.1) is 17.8 Å². The van der Waals surface area contributed by atoms with Gasteiger partial charge in [0.25, 0.3) is 0 Å². The maximum absolute atomic E-state index is 12.8. The summed E-state index contributed by atoms with van der Waals surface area (Å²) in [6, 6.07) is 7.24. The van der Waals surface area contributed by atoms with Crippen molar-refractivity contribution in [2.45, 2.75) is 57.0 Å². The van der Waals surface area contributed by atoms with Crippen molar-refractivity contribution in [2.24, 2.45) is 17.8 Å². The summed E-state index contributed by atoms with van der Waals surface area (Å²) in [5, 5.41) is 6.61. The van der Waals surface area contributed by atoms with Crippen LogP contribution in [-0.4, -0.2) is 54.6 Å². The number of urea groups is 1. The van der Waals surface area contributed by atoms with E-state index in [-0.39, 0.29) is 23.5 Å². The Morgan fingerprint density at radius 1 is 1.03 bits per heavy atom. The third kappa shape index (κ3) is 4.42. The number of carbonyl (C=O) groups is 2. The first-order chi connectivity index (χ1) is 14.9. The van der Waals surface area contributed by atoms with Crippen molar-refractivity contribution < 1.29 is 9.59 Å². The molecule has 2 N–H and O–H groups in total. The fraction of sp³-hybridized carbons (Fsp3) is 0.667. The molecule has 0 radical (unpaired) electrons. The lowest BCUT2D eigenvalue weighted by molar-refractivity contribution is -0.125. The van der Waals surface area contributed by atoms with Gasteiger partial charge in [0.1, 0.15) is 0 Å². The van der Waals surface area contributed by atoms with E-state index >= 15 is 0 Å². The number of hydrogen-bond acceptors (Lipinski definition) is 4. The van der Waals surface area contributed by atoms with Crippen LogP contribution in [0.15, 0.2) is 24.3 Å². The van der Waals surface area contributed by atoms with Gasteiger partial charge in [-0.25, -0.2) is 4.79 Å². The molecule has 6 nitrogen and oxygen atoms in total. The molecule has 5 fully saturated rings. The van der Waals surface area contributed by atoms with Crippen LogP contribution in [-0.2, 0) is 4.79 Å². The predicted molar refractivity (Wildman–Crippen MR) is 122 cm³/mol. The second-order valence-corrected chi connectivity index (χ2v) is 10.8. The van der Waals surface area contributed by atoms with Crippen LogP contribution < -0.4 is 15.5 Å². The summed E-state index contributed by atoms with van der Waals surface area (Å²) in [5.41, 5.74) is 1.03. The summed E-state index contributed by atoms with van der Waals surface area (Å²) in [7, 11) is 0. The molecular formula is C24H33ClN4O2. The maximum Gasteiger partial charge on any atom is 0.321 e. The molecule has 1 aromatic carbocycles. The molecule has 1 aliphatic heterocycles. The van der Waals surface area contributed by atoms with Crippen LogP contribution in [0.4, 0.5) is 10.5 Å². The van der Waals surface area contributed by atoms with Gasteiger partial charge in [-0.1, -0.05) is 17.7 Å². The van der Waals surface area contributed by atoms with Gasteiger partial charge in [-0.2, -0.15) is 0 Å². The minimum absolute atomic E-state index is 0.0784. The number of hydrogen-bond donors (Lipinski definition) is 2. The van der Waals surface area contributed by atoms with Gasteiger partial charge < -0.3 is 10.2 Å². The van der Waals surface area contributed by atoms with E-state index in [4.69, 9.17) is 11.6 Å². The summed E-state index contributed by atoms with van der Waals surface area (Å²) in [4.78, 5) is 29.9. The average molecular weight is 445 g/mol. The zero-order valence-corrected chi connectivity index (χ0v) is 19.0. The normalized spacial score (nSPS) is 33.2. The summed E-state index contributed by atoms with van der Waals surface area (Å²) in [6.07, 6.45) is 7.25. The molecule has 0 spiro atoms. The van der Waals surface area contributed by atoms with Crippen molar-refractivity contribution in [1.29, 1.82) is 0 Å². The van der Waals surface area contributed by atoms with Gasteiger partial charge in [-0.3, -0.25) is 15.0 Å². The third-order valence-corrected chi connectivity index (χ3v) is 8.30. The van der Waals surface area contributed by atoms with Crippen LogP contribution >= 0.6 is 11.6 Å². The van der Waals surface area contributed by atoms with Crippen LogP contribution in [0.25, 0.3) is 0 Å². The molecule has 168 valence electrons. The van der Waals surface area contributed by atoms with E-state index in [1.165, 1.54) is 19.3 Å². The molecule has 4 aliphatic carbocycles. The van der Waals surface area contributed by atoms with Gasteiger partial charge in [0.15, 0.2) is 0 Å². The Balaban J connectivity index is 1.12. The quantitative estimate of drug-likeness (QED) is 0.744. The lowest BCUT2D eigenvalue weighted by Gasteiger charge is -2.56. The number of rotatable bonds is 4. The maximum atomic E-state index is 12.8. The molecule has 1 saturated heterocycles. The monoisotopic (exact) mass is 444 g/mol. The third-order valence-electron chi connectivity index (χ3n) is 8.07. The number of piperazine rings is 1. The molecule has 4 saturated carbocycles. The highest BCUT2D eigenvalue weighted by atomic mass is 35.5. The van der Waals surface area contributed by atoms with Crippen LogP contribution in [0.5, 0.6) is 0 Å². The van der Waals surface area contributed by atoms with Crippen molar-refractivity contribution >= 4 is 29.2 Å². The standard InChI is InChI=1S/C24H33ClN4O2/c1-16(28-5-7-29(8-6-28)21-4-2-3-20(25)12-21)22(30)26-23(31)27-24-13-17-9-18(14-24)11-19(10-17)15-24/h2-4,12,16-19H,5-11,13-15H2,1H3,(H2,26,27,30,31)/t16-,17?,18?,19?,24?/m1/s1. The topological polar surface area (TPSA) is 64.7 Å². The average Bonchev–Trinajstić information content (AvgIpc) is 2.72. The van der Waals surface area contributed by atoms with E-state index in [0.717, 1.165) is 73.9 Å². The summed E-state index contributed by atoms with van der Waals surface area (Å²) >= 11 is 6.12. The number of carbonyl (C=O) groups excluding carboxylic acids is 2. The highest BCUT2D eigenvalue weighted by Crippen LogP contribution is 2.55. The van der Waals surface area contributed by atoms with E-state index in [9.17, 15) is 9.59 Å². The van der Waals surface area contributed by atoms with Gasteiger partial charge in [-0.05, 0) is 81.4 Å². The Morgan fingerprint density at radius 2 is 1.65 bits per heavy atom. The molecular weight excluding hydrogens is 412 g/mol. The fourth-order valence-corrected chi connectivity index (χ4v) is 7.14. The minimum Gasteiger partial charge on any atom is -0.369 e. The van der Waals surface area contributed by atoms with E-state index in [1.54, 1.807) is 0 Å². The Bertz CT molecular complexity index is 816. The fourth-order valence-electron chi connectivity index (χ4n) is 6.96. The molecule has 1 atom stereocenters. The second kappa shape index (κ2) is 8.28. The van der Waals surface area contributed by atoms with Crippen molar-refractivity contribution in [3.05, 3.63) is 29.3 Å². The van der Waals surface area contributed by atoms with Crippen LogP contribution in [0.1, 0.15) is 45.4 Å². The first-order valence-electron chi connectivity index (χ1n) is 11.8. The zero-order chi connectivity index (χ0) is 21.6. The summed E-state index contributed by atoms with van der Waals surface area (Å²) in [5.74, 6) is 2.07. The van der Waals surface area contributed by atoms with E-state index in [2.05, 4.69) is 26.5 Å². The highest BCUT2D eigenvalue weighted by molar-refractivity contribution is 6.30. The summed E-state index contributed by atoms with van der Waals surface area (Å²) in [6.45, 7) is 5.10. The number of imide groups is 1. The van der Waals surface area contributed by atoms with E-state index < -0.39 is 0 Å². The molecule has 1 aromatic rings. The van der Waals surface area contributed by atoms with Crippen molar-refractivity contribution in [3.63, 3.8) is 0 Å². The first-order valence-corrected chi connectivity index (χ1v) is 12.1. The molecule has 0 aromatic heterocycles. The van der Waals surface area contributed by atoms with Gasteiger partial charge in [0, 0.05) is 42.4 Å². The highest BCUT2D eigenvalue weighted by Gasteiger charge is 2.51. The Morgan fingerprint density at radius 3 is 2.23 bits per heavy atom. The number of anilines is 1. The molecule has 1 heterocycles. The first kappa shape index (κ1) is 21.1. The summed E-state index contributed by atoms with van der Waals surface area (Å²) < 4.78 is 0. The lowest BCUT2D eigenvalue weighted by atomic mass is 9.53. The predicted octanol–water partition coefficient (Wildman–Crippen LogP) is 3.65. The number of halogens is 1. The largest absolute Gasteiger partial charge is 0.369 e. The Labute approximate surface area is 189 Å². The molecule has 4 bridgehead atoms. The van der Waals surface area contributed by atoms with Crippen LogP contribution in [0.2, 0.25) is 5.02 Å². The number of nitrogens with zero attached hydrogens (tertiary/aromatic N) is 2. The molecule has 5 aliphatic rings. The van der Waals surface area contributed by atoms with Gasteiger partial charge in [-0.15, -0.1) is 0 Å². The number of nitrogens with one attached hydrogen (secondary N) is 2. The van der Waals surface area contributed by atoms with Crippen molar-refractivity contribution in [3.8, 4) is 0 Å². The van der Waals surface area contributed by atoms with Crippen molar-refractivity contribution in [2.75, 3.05) is 31.1 Å². The Hall–Kier alpha value is -1.79. The van der Waals surface area contributed by atoms with E-state index in [0.29, 0.717) is 0 Å². The molecule has 3 amide bonds. The molecule has 7 heteroatoms. The second-order valence-electron chi connectivity index (χ2n) is 10.3. The SMILES string of the molecule is C[C@H](C(=O)NC(=O)NC12CC3CC(CC(C3)C1)C2)N1CCN(c2cccc(Cl)c2)CC1. The minimum atomic E-state index is -0.330. The smallest absolute Gasteiger partial charge is 0.321 e. The van der Waals surface area contributed by atoms with Crippen LogP contribution in [0.3, 0.4) is 0 Å². The number of amides is 3. The van der Waals surface area contributed by atoms with E-state index in [1.807, 2.05) is 25.1 Å². The lowest BCUT2D eigenvalue weighted by Crippen LogP contribution is -2.63. The van der Waals surface area contributed by atoms with Gasteiger partial charge in [0.05, 0.1) is 6.04 Å². The Kier molecular flexibility index (Phi) is 5.63. The molecule has 31 heavy (non-hydrogen) atoms. The zero-order valence-electron chi connectivity index (χ0n) is 18.3. The number of benzene rings is 1. The van der Waals surface area contributed by atoms with Crippen molar-refractivity contribution in [1.82, 2.24) is 15.5 Å². The van der Waals surface area contributed by atoms with Gasteiger partial charge >= 0.3 is 6.03 Å².